The number of rotatable bonds is 6. The minimum Gasteiger partial charge on any atom is -0.351 e. The van der Waals surface area contributed by atoms with Crippen molar-refractivity contribution in [1.29, 1.82) is 0 Å². The molecule has 2 unspecified atom stereocenters. The van der Waals surface area contributed by atoms with Gasteiger partial charge in [0.05, 0.1) is 13.1 Å². The van der Waals surface area contributed by atoms with Crippen molar-refractivity contribution >= 4 is 33.0 Å². The number of hydrogen-bond acceptors (Lipinski definition) is 5. The highest BCUT2D eigenvalue weighted by molar-refractivity contribution is 9.10. The summed E-state index contributed by atoms with van der Waals surface area (Å²) in [5, 5.41) is 3.51. The molecule has 1 fully saturated rings. The van der Waals surface area contributed by atoms with Crippen molar-refractivity contribution in [1.82, 2.24) is 19.1 Å². The summed E-state index contributed by atoms with van der Waals surface area (Å²) in [6.45, 7) is 0.718. The second-order valence-corrected chi connectivity index (χ2v) is 9.67. The lowest BCUT2D eigenvalue weighted by Crippen LogP contribution is -2.43. The zero-order valence-corrected chi connectivity index (χ0v) is 20.3. The van der Waals surface area contributed by atoms with Gasteiger partial charge < -0.3 is 11.1 Å². The number of aromatic nitrogens is 4. The van der Waals surface area contributed by atoms with Gasteiger partial charge in [-0.1, -0.05) is 77.3 Å². The Balaban J connectivity index is 1.67. The smallest absolute Gasteiger partial charge is 0.330 e. The summed E-state index contributed by atoms with van der Waals surface area (Å²) in [6, 6.07) is 17.6. The molecule has 2 aromatic heterocycles. The number of nitrogens with two attached hydrogens (primary N) is 1. The van der Waals surface area contributed by atoms with Crippen LogP contribution in [-0.4, -0.2) is 31.2 Å². The predicted octanol–water partition coefficient (Wildman–Crippen LogP) is 3.43. The molecule has 0 radical (unpaired) electrons. The Morgan fingerprint density at radius 3 is 2.50 bits per heavy atom. The normalized spacial score (nSPS) is 18.3. The summed E-state index contributed by atoms with van der Waals surface area (Å²) in [6.07, 6.45) is 4.09. The molecule has 0 spiro atoms. The molecule has 0 saturated heterocycles. The van der Waals surface area contributed by atoms with Crippen molar-refractivity contribution in [3.8, 4) is 0 Å². The van der Waals surface area contributed by atoms with E-state index in [2.05, 4.69) is 26.2 Å². The molecule has 2 heterocycles. The van der Waals surface area contributed by atoms with Gasteiger partial charge in [0.2, 0.25) is 5.95 Å². The van der Waals surface area contributed by atoms with Crippen molar-refractivity contribution in [3.63, 3.8) is 0 Å². The maximum absolute atomic E-state index is 13.1. The lowest BCUT2D eigenvalue weighted by molar-refractivity contribution is 0.401. The molecular weight excluding hydrogens is 496 g/mol. The highest BCUT2D eigenvalue weighted by Crippen LogP contribution is 2.26. The van der Waals surface area contributed by atoms with E-state index in [9.17, 15) is 9.59 Å². The summed E-state index contributed by atoms with van der Waals surface area (Å²) in [5.41, 5.74) is 8.13. The summed E-state index contributed by atoms with van der Waals surface area (Å²) < 4.78 is 4.32. The first-order valence-corrected chi connectivity index (χ1v) is 12.3. The highest BCUT2D eigenvalue weighted by Gasteiger charge is 2.26. The first-order valence-electron chi connectivity index (χ1n) is 11.5. The van der Waals surface area contributed by atoms with E-state index < -0.39 is 11.2 Å². The maximum atomic E-state index is 13.1. The molecule has 1 aliphatic rings. The molecule has 8 nitrogen and oxygen atoms in total. The fourth-order valence-electron chi connectivity index (χ4n) is 4.65. The van der Waals surface area contributed by atoms with E-state index in [-0.39, 0.29) is 12.1 Å². The van der Waals surface area contributed by atoms with Crippen LogP contribution in [0.1, 0.15) is 36.8 Å². The fraction of sp³-hybridized carbons (Fsp3) is 0.320. The van der Waals surface area contributed by atoms with Crippen LogP contribution in [0.5, 0.6) is 0 Å². The molecule has 0 bridgehead atoms. The first kappa shape index (κ1) is 22.6. The van der Waals surface area contributed by atoms with E-state index in [1.165, 1.54) is 4.57 Å². The number of imidazole rings is 1. The van der Waals surface area contributed by atoms with Gasteiger partial charge in [-0.05, 0) is 30.0 Å². The Bertz CT molecular complexity index is 1430. The molecule has 2 aromatic carbocycles. The van der Waals surface area contributed by atoms with Crippen LogP contribution in [0.25, 0.3) is 11.2 Å². The van der Waals surface area contributed by atoms with Gasteiger partial charge in [0.1, 0.15) is 0 Å². The summed E-state index contributed by atoms with van der Waals surface area (Å²) >= 11 is 3.61. The fourth-order valence-corrected chi connectivity index (χ4v) is 5.06. The van der Waals surface area contributed by atoms with E-state index in [1.807, 2.05) is 59.2 Å². The lowest BCUT2D eigenvalue weighted by atomic mass is 9.91. The average Bonchev–Trinajstić information content (AvgIpc) is 3.18. The SMILES string of the molecule is NC1CCCCC1Nc1nc2c(c(=O)[nH]c(=O)n2Cc2ccccc2)n1Cc1ccccc1Br. The lowest BCUT2D eigenvalue weighted by Gasteiger charge is -2.29. The van der Waals surface area contributed by atoms with Crippen LogP contribution in [0.2, 0.25) is 0 Å². The van der Waals surface area contributed by atoms with Crippen molar-refractivity contribution in [2.45, 2.75) is 50.9 Å². The van der Waals surface area contributed by atoms with Crippen LogP contribution in [0, 0.1) is 0 Å². The summed E-state index contributed by atoms with van der Waals surface area (Å²) in [5.74, 6) is 0.547. The minimum atomic E-state index is -0.479. The Morgan fingerprint density at radius 2 is 1.74 bits per heavy atom. The van der Waals surface area contributed by atoms with Crippen LogP contribution in [0.3, 0.4) is 0 Å². The molecule has 9 heteroatoms. The first-order chi connectivity index (χ1) is 16.5. The van der Waals surface area contributed by atoms with Crippen LogP contribution in [0.15, 0.2) is 68.7 Å². The highest BCUT2D eigenvalue weighted by atomic mass is 79.9. The van der Waals surface area contributed by atoms with Crippen LogP contribution in [-0.2, 0) is 13.1 Å². The van der Waals surface area contributed by atoms with Crippen molar-refractivity contribution in [2.24, 2.45) is 5.73 Å². The largest absolute Gasteiger partial charge is 0.351 e. The van der Waals surface area contributed by atoms with Gasteiger partial charge >= 0.3 is 5.69 Å². The van der Waals surface area contributed by atoms with Gasteiger partial charge in [-0.25, -0.2) is 4.79 Å². The topological polar surface area (TPSA) is 111 Å². The number of nitrogens with one attached hydrogen (secondary N) is 2. The van der Waals surface area contributed by atoms with Gasteiger partial charge in [0.25, 0.3) is 5.56 Å². The number of hydrogen-bond donors (Lipinski definition) is 3. The number of benzene rings is 2. The number of nitrogens with zero attached hydrogens (tertiary/aromatic N) is 3. The van der Waals surface area contributed by atoms with E-state index in [4.69, 9.17) is 10.7 Å². The molecule has 1 saturated carbocycles. The van der Waals surface area contributed by atoms with Crippen molar-refractivity contribution < 1.29 is 0 Å². The summed E-state index contributed by atoms with van der Waals surface area (Å²) in [7, 11) is 0. The third-order valence-electron chi connectivity index (χ3n) is 6.49. The molecule has 4 N–H and O–H groups in total. The molecule has 2 atom stereocenters. The molecule has 176 valence electrons. The van der Waals surface area contributed by atoms with Gasteiger partial charge in [-0.2, -0.15) is 4.98 Å². The number of H-pyrrole nitrogens is 1. The van der Waals surface area contributed by atoms with Crippen molar-refractivity contribution in [3.05, 3.63) is 91.0 Å². The molecule has 1 aliphatic carbocycles. The number of halogens is 1. The van der Waals surface area contributed by atoms with E-state index in [1.54, 1.807) is 0 Å². The van der Waals surface area contributed by atoms with Gasteiger partial charge in [-0.15, -0.1) is 0 Å². The zero-order valence-electron chi connectivity index (χ0n) is 18.7. The quantitative estimate of drug-likeness (QED) is 0.359. The molecule has 0 amide bonds. The number of aromatic amines is 1. The van der Waals surface area contributed by atoms with E-state index >= 15 is 0 Å². The Labute approximate surface area is 205 Å². The van der Waals surface area contributed by atoms with Gasteiger partial charge in [0, 0.05) is 16.6 Å². The molecule has 4 aromatic rings. The van der Waals surface area contributed by atoms with Crippen LogP contribution in [0.4, 0.5) is 5.95 Å². The molecule has 34 heavy (non-hydrogen) atoms. The van der Waals surface area contributed by atoms with Crippen LogP contribution >= 0.6 is 15.9 Å². The van der Waals surface area contributed by atoms with E-state index in [0.717, 1.165) is 41.3 Å². The van der Waals surface area contributed by atoms with Crippen LogP contribution < -0.4 is 22.3 Å². The second kappa shape index (κ2) is 9.60. The van der Waals surface area contributed by atoms with Gasteiger partial charge in [0.15, 0.2) is 11.2 Å². The maximum Gasteiger partial charge on any atom is 0.330 e. The third kappa shape index (κ3) is 4.45. The molecular formula is C25H27BrN6O2. The number of anilines is 1. The second-order valence-electron chi connectivity index (χ2n) is 8.82. The Kier molecular flexibility index (Phi) is 6.38. The predicted molar refractivity (Wildman–Crippen MR) is 137 cm³/mol. The Morgan fingerprint density at radius 1 is 1.00 bits per heavy atom. The monoisotopic (exact) mass is 522 g/mol. The minimum absolute atomic E-state index is 0.00951. The third-order valence-corrected chi connectivity index (χ3v) is 7.26. The Hall–Kier alpha value is -3.17. The standard InChI is InChI=1S/C25H27BrN6O2/c26-18-11-5-4-10-17(18)15-31-21-22(29-24(31)28-20-13-7-6-12-19(20)27)32(25(34)30-23(21)33)14-16-8-2-1-3-9-16/h1-5,8-11,19-20H,6-7,12-15,27H2,(H,28,29)(H,30,33,34). The van der Waals surface area contributed by atoms with Crippen molar-refractivity contribution in [2.75, 3.05) is 5.32 Å². The molecule has 0 aliphatic heterocycles. The number of fused-ring (bicyclic) bond motifs is 1. The van der Waals surface area contributed by atoms with Gasteiger partial charge in [-0.3, -0.25) is 18.9 Å². The average molecular weight is 523 g/mol. The zero-order chi connectivity index (χ0) is 23.7. The summed E-state index contributed by atoms with van der Waals surface area (Å²) in [4.78, 5) is 33.2. The molecule has 5 rings (SSSR count). The van der Waals surface area contributed by atoms with E-state index in [0.29, 0.717) is 30.2 Å².